The second kappa shape index (κ2) is 6.80. The molecule has 1 aromatic carbocycles. The summed E-state index contributed by atoms with van der Waals surface area (Å²) in [5, 5.41) is 13.8. The third kappa shape index (κ3) is 2.55. The number of rotatable bonds is 3. The summed E-state index contributed by atoms with van der Waals surface area (Å²) in [6, 6.07) is 6.01. The van der Waals surface area contributed by atoms with Gasteiger partial charge in [-0.1, -0.05) is 13.3 Å². The average molecular weight is 376 g/mol. The summed E-state index contributed by atoms with van der Waals surface area (Å²) in [4.78, 5) is 18.6. The monoisotopic (exact) mass is 376 g/mol. The summed E-state index contributed by atoms with van der Waals surface area (Å²) in [5.41, 5.74) is 2.13. The van der Waals surface area contributed by atoms with Gasteiger partial charge >= 0.3 is 29.6 Å². The maximum Gasteiger partial charge on any atom is 1.00 e. The Kier molecular flexibility index (Phi) is 4.86. The van der Waals surface area contributed by atoms with Crippen LogP contribution < -0.4 is 39.4 Å². The Hall–Kier alpha value is -1.01. The minimum atomic E-state index is -0.917. The molecule has 4 aliphatic rings. The van der Waals surface area contributed by atoms with Crippen LogP contribution in [0.1, 0.15) is 37.4 Å². The van der Waals surface area contributed by atoms with E-state index < -0.39 is 11.4 Å². The molecule has 1 aliphatic carbocycles. The van der Waals surface area contributed by atoms with Gasteiger partial charge < -0.3 is 19.6 Å². The van der Waals surface area contributed by atoms with Crippen molar-refractivity contribution in [1.29, 1.82) is 0 Å². The van der Waals surface area contributed by atoms with Gasteiger partial charge in [-0.2, -0.15) is 0 Å². The molecule has 4 heterocycles. The first-order valence-electron chi connectivity index (χ1n) is 9.73. The zero-order chi connectivity index (χ0) is 18.1. The van der Waals surface area contributed by atoms with E-state index >= 15 is 0 Å². The van der Waals surface area contributed by atoms with E-state index in [0.29, 0.717) is 18.3 Å². The van der Waals surface area contributed by atoms with Crippen LogP contribution in [0.25, 0.3) is 10.9 Å². The van der Waals surface area contributed by atoms with E-state index in [0.717, 1.165) is 60.3 Å². The average Bonchev–Trinajstić information content (AvgIpc) is 2.99. The SMILES string of the molecule is CC[C@H]1C[C@@H]2CN3CCc4c([nH]c5ccc(OC)cc45)[C@](C(=O)[O-])(C2)[C@H]13.[Na+]. The van der Waals surface area contributed by atoms with E-state index in [2.05, 4.69) is 16.8 Å². The van der Waals surface area contributed by atoms with Crippen LogP contribution in [-0.2, 0) is 16.6 Å². The molecule has 4 bridgehead atoms. The molecule has 2 saturated heterocycles. The zero-order valence-corrected chi connectivity index (χ0v) is 18.4. The van der Waals surface area contributed by atoms with Crippen molar-refractivity contribution in [2.24, 2.45) is 11.8 Å². The normalized spacial score (nSPS) is 33.9. The first kappa shape index (κ1) is 19.3. The molecule has 1 aromatic heterocycles. The van der Waals surface area contributed by atoms with Crippen LogP contribution in [0.3, 0.4) is 0 Å². The quantitative estimate of drug-likeness (QED) is 0.687. The number of piperidine rings is 2. The van der Waals surface area contributed by atoms with Crippen LogP contribution in [0.4, 0.5) is 0 Å². The number of nitrogens with zero attached hydrogens (tertiary/aromatic N) is 1. The van der Waals surface area contributed by atoms with Gasteiger partial charge in [-0.25, -0.2) is 0 Å². The van der Waals surface area contributed by atoms with Gasteiger partial charge in [0.1, 0.15) is 5.75 Å². The van der Waals surface area contributed by atoms with E-state index in [1.807, 2.05) is 18.2 Å². The molecule has 6 heteroatoms. The molecule has 1 saturated carbocycles. The summed E-state index contributed by atoms with van der Waals surface area (Å²) < 4.78 is 5.40. The molecule has 138 valence electrons. The van der Waals surface area contributed by atoms with Crippen LogP contribution >= 0.6 is 0 Å². The summed E-state index contributed by atoms with van der Waals surface area (Å²) in [6.45, 7) is 4.14. The first-order valence-corrected chi connectivity index (χ1v) is 9.73. The van der Waals surface area contributed by atoms with Gasteiger partial charge in [-0.05, 0) is 54.9 Å². The number of carbonyl (C=O) groups excluding carboxylic acids is 1. The second-order valence-corrected chi connectivity index (χ2v) is 8.31. The Bertz CT molecular complexity index is 895. The number of nitrogens with one attached hydrogen (secondary N) is 1. The number of benzene rings is 1. The third-order valence-electron chi connectivity index (χ3n) is 7.18. The molecule has 0 amide bonds. The number of carboxylic acids is 1. The number of aromatic nitrogens is 1. The van der Waals surface area contributed by atoms with Crippen molar-refractivity contribution >= 4 is 16.9 Å². The number of methoxy groups -OCH3 is 1. The predicted molar refractivity (Wildman–Crippen MR) is 97.1 cm³/mol. The Labute approximate surface area is 181 Å². The predicted octanol–water partition coefficient (Wildman–Crippen LogP) is -1.16. The fourth-order valence-electron chi connectivity index (χ4n) is 6.24. The molecular formula is C21H25N2NaO3. The fourth-order valence-corrected chi connectivity index (χ4v) is 6.24. The molecule has 0 radical (unpaired) electrons. The van der Waals surface area contributed by atoms with Gasteiger partial charge in [0.2, 0.25) is 0 Å². The van der Waals surface area contributed by atoms with Crippen molar-refractivity contribution < 1.29 is 44.2 Å². The second-order valence-electron chi connectivity index (χ2n) is 8.31. The minimum Gasteiger partial charge on any atom is -0.549 e. The Morgan fingerprint density at radius 1 is 1.44 bits per heavy atom. The van der Waals surface area contributed by atoms with Gasteiger partial charge in [0, 0.05) is 35.7 Å². The van der Waals surface area contributed by atoms with Gasteiger partial charge in [0.05, 0.1) is 18.5 Å². The van der Waals surface area contributed by atoms with Crippen molar-refractivity contribution in [3.05, 3.63) is 29.5 Å². The maximum absolute atomic E-state index is 12.7. The largest absolute Gasteiger partial charge is 1.00 e. The Morgan fingerprint density at radius 3 is 2.96 bits per heavy atom. The number of carboxylic acid groups (broad SMARTS) is 1. The van der Waals surface area contributed by atoms with Crippen LogP contribution in [0.15, 0.2) is 18.2 Å². The molecule has 5 atom stereocenters. The molecule has 2 aromatic rings. The van der Waals surface area contributed by atoms with Gasteiger partial charge in [-0.15, -0.1) is 0 Å². The van der Waals surface area contributed by atoms with Gasteiger partial charge in [-0.3, -0.25) is 4.90 Å². The zero-order valence-electron chi connectivity index (χ0n) is 16.4. The first-order chi connectivity index (χ1) is 12.6. The van der Waals surface area contributed by atoms with E-state index in [1.165, 1.54) is 0 Å². The molecule has 3 fully saturated rings. The van der Waals surface area contributed by atoms with E-state index in [9.17, 15) is 9.90 Å². The minimum absolute atomic E-state index is 0. The summed E-state index contributed by atoms with van der Waals surface area (Å²) in [6.07, 6.45) is 3.74. The number of aromatic amines is 1. The smallest absolute Gasteiger partial charge is 0.549 e. The van der Waals surface area contributed by atoms with E-state index in [1.54, 1.807) is 7.11 Å². The summed E-state index contributed by atoms with van der Waals surface area (Å²) in [7, 11) is 1.67. The Balaban J connectivity index is 0.00000180. The number of ether oxygens (including phenoxy) is 1. The number of hydrogen-bond acceptors (Lipinski definition) is 4. The van der Waals surface area contributed by atoms with Crippen LogP contribution in [0, 0.1) is 11.8 Å². The number of hydrogen-bond donors (Lipinski definition) is 1. The molecule has 3 aliphatic heterocycles. The maximum atomic E-state index is 12.7. The van der Waals surface area contributed by atoms with E-state index in [4.69, 9.17) is 4.74 Å². The number of carbonyl (C=O) groups is 1. The van der Waals surface area contributed by atoms with Crippen molar-refractivity contribution in [1.82, 2.24) is 9.88 Å². The summed E-state index contributed by atoms with van der Waals surface area (Å²) >= 11 is 0. The summed E-state index contributed by atoms with van der Waals surface area (Å²) in [5.74, 6) is 0.765. The van der Waals surface area contributed by atoms with Gasteiger partial charge in [0.25, 0.3) is 0 Å². The van der Waals surface area contributed by atoms with Crippen molar-refractivity contribution in [3.63, 3.8) is 0 Å². The fraction of sp³-hybridized carbons (Fsp3) is 0.571. The number of H-pyrrole nitrogens is 1. The molecule has 1 unspecified atom stereocenters. The molecule has 5 nitrogen and oxygen atoms in total. The molecule has 27 heavy (non-hydrogen) atoms. The van der Waals surface area contributed by atoms with Crippen molar-refractivity contribution in [2.75, 3.05) is 20.2 Å². The number of fused-ring (bicyclic) bond motifs is 4. The Morgan fingerprint density at radius 2 is 2.26 bits per heavy atom. The molecule has 1 N–H and O–H groups in total. The molecule has 0 spiro atoms. The standard InChI is InChI=1S/C21H26N2O3.Na/c1-3-13-8-12-10-21(20(24)25)18-15(6-7-23(11-12)19(13)21)16-9-14(26-2)4-5-17(16)22-18;/h4-5,9,12-13,19,22H,3,6-8,10-11H2,1-2H3,(H,24,25);/q;+1/p-1/t12-,13-,19-,21+;/m0./s1. The van der Waals surface area contributed by atoms with Crippen LogP contribution in [-0.4, -0.2) is 42.1 Å². The van der Waals surface area contributed by atoms with Gasteiger partial charge in [0.15, 0.2) is 0 Å². The van der Waals surface area contributed by atoms with Crippen molar-refractivity contribution in [2.45, 2.75) is 44.1 Å². The van der Waals surface area contributed by atoms with E-state index in [-0.39, 0.29) is 35.6 Å². The van der Waals surface area contributed by atoms with Crippen LogP contribution in [0.2, 0.25) is 0 Å². The number of aliphatic carboxylic acids is 1. The van der Waals surface area contributed by atoms with Crippen LogP contribution in [0.5, 0.6) is 5.75 Å². The topological polar surface area (TPSA) is 68.4 Å². The molecule has 6 rings (SSSR count). The molecular weight excluding hydrogens is 351 g/mol. The van der Waals surface area contributed by atoms with Crippen molar-refractivity contribution in [3.8, 4) is 5.75 Å². The third-order valence-corrected chi connectivity index (χ3v) is 7.18.